The summed E-state index contributed by atoms with van der Waals surface area (Å²) in [5.74, 6) is -0.261. The molecule has 0 bridgehead atoms. The van der Waals surface area contributed by atoms with Gasteiger partial charge in [0, 0.05) is 6.92 Å². The molecule has 0 heterocycles. The smallest absolute Gasteiger partial charge is 0.217 e. The van der Waals surface area contributed by atoms with Crippen LogP contribution in [-0.4, -0.2) is 34.9 Å². The number of rotatable bonds is 5. The molecule has 0 aliphatic heterocycles. The van der Waals surface area contributed by atoms with Crippen molar-refractivity contribution in [3.05, 3.63) is 12.2 Å². The molecule has 4 heteroatoms. The third-order valence-electron chi connectivity index (χ3n) is 1.57. The fourth-order valence-electron chi connectivity index (χ4n) is 0.910. The van der Waals surface area contributed by atoms with Crippen molar-refractivity contribution >= 4 is 5.91 Å². The van der Waals surface area contributed by atoms with Crippen LogP contribution >= 0.6 is 0 Å². The lowest BCUT2D eigenvalue weighted by Crippen LogP contribution is -2.44. The molecule has 76 valence electrons. The molecule has 2 atom stereocenters. The summed E-state index contributed by atoms with van der Waals surface area (Å²) >= 11 is 0. The first-order chi connectivity index (χ1) is 6.11. The van der Waals surface area contributed by atoms with Crippen molar-refractivity contribution in [1.82, 2.24) is 5.32 Å². The van der Waals surface area contributed by atoms with Crippen molar-refractivity contribution < 1.29 is 15.0 Å². The van der Waals surface area contributed by atoms with E-state index in [1.807, 2.05) is 6.92 Å². The Morgan fingerprint density at radius 2 is 2.23 bits per heavy atom. The lowest BCUT2D eigenvalue weighted by Gasteiger charge is -2.18. The summed E-state index contributed by atoms with van der Waals surface area (Å²) in [6.07, 6.45) is 3.34. The predicted molar refractivity (Wildman–Crippen MR) is 50.1 cm³/mol. The van der Waals surface area contributed by atoms with Gasteiger partial charge in [-0.2, -0.15) is 0 Å². The van der Waals surface area contributed by atoms with Gasteiger partial charge < -0.3 is 15.5 Å². The molecule has 0 aromatic carbocycles. The zero-order valence-corrected chi connectivity index (χ0v) is 8.03. The summed E-state index contributed by atoms with van der Waals surface area (Å²) in [6, 6.07) is -0.611. The van der Waals surface area contributed by atoms with Crippen LogP contribution in [0, 0.1) is 0 Å². The quantitative estimate of drug-likeness (QED) is 0.522. The van der Waals surface area contributed by atoms with Crippen LogP contribution in [-0.2, 0) is 4.79 Å². The molecule has 0 saturated carbocycles. The Morgan fingerprint density at radius 3 is 2.62 bits per heavy atom. The van der Waals surface area contributed by atoms with Gasteiger partial charge in [0.1, 0.15) is 0 Å². The Labute approximate surface area is 78.3 Å². The Balaban J connectivity index is 4.06. The Hall–Kier alpha value is -0.870. The molecule has 0 rings (SSSR count). The van der Waals surface area contributed by atoms with Crippen LogP contribution < -0.4 is 5.32 Å². The molecule has 0 unspecified atom stereocenters. The van der Waals surface area contributed by atoms with E-state index in [9.17, 15) is 9.90 Å². The number of nitrogens with one attached hydrogen (secondary N) is 1. The SMILES string of the molecule is CCC=C[C@@H](O)[C@H](CO)NC(C)=O. The van der Waals surface area contributed by atoms with Crippen LogP contribution in [0.4, 0.5) is 0 Å². The molecule has 1 amide bonds. The monoisotopic (exact) mass is 187 g/mol. The topological polar surface area (TPSA) is 69.6 Å². The number of hydrogen-bond acceptors (Lipinski definition) is 3. The fraction of sp³-hybridized carbons (Fsp3) is 0.667. The van der Waals surface area contributed by atoms with Gasteiger partial charge in [-0.1, -0.05) is 19.1 Å². The number of amides is 1. The summed E-state index contributed by atoms with van der Waals surface area (Å²) in [4.78, 5) is 10.6. The first kappa shape index (κ1) is 12.1. The van der Waals surface area contributed by atoms with Gasteiger partial charge in [-0.05, 0) is 6.42 Å². The van der Waals surface area contributed by atoms with E-state index in [1.165, 1.54) is 6.92 Å². The van der Waals surface area contributed by atoms with Crippen molar-refractivity contribution in [2.45, 2.75) is 32.4 Å². The third-order valence-corrected chi connectivity index (χ3v) is 1.57. The minimum absolute atomic E-state index is 0.261. The molecule has 0 aromatic rings. The Kier molecular flexibility index (Phi) is 6.18. The van der Waals surface area contributed by atoms with Crippen molar-refractivity contribution in [1.29, 1.82) is 0 Å². The second-order valence-electron chi connectivity index (χ2n) is 2.82. The number of allylic oxidation sites excluding steroid dienone is 1. The highest BCUT2D eigenvalue weighted by molar-refractivity contribution is 5.73. The van der Waals surface area contributed by atoms with Crippen molar-refractivity contribution in [3.63, 3.8) is 0 Å². The average Bonchev–Trinajstić information content (AvgIpc) is 2.09. The molecule has 0 saturated heterocycles. The molecule has 0 aliphatic rings. The number of hydrogen-bond donors (Lipinski definition) is 3. The van der Waals surface area contributed by atoms with Crippen LogP contribution in [0.25, 0.3) is 0 Å². The van der Waals surface area contributed by atoms with Crippen LogP contribution in [0.3, 0.4) is 0 Å². The molecule has 4 nitrogen and oxygen atoms in total. The highest BCUT2D eigenvalue weighted by Gasteiger charge is 2.15. The first-order valence-corrected chi connectivity index (χ1v) is 4.34. The van der Waals surface area contributed by atoms with E-state index in [0.717, 1.165) is 6.42 Å². The average molecular weight is 187 g/mol. The van der Waals surface area contributed by atoms with Crippen molar-refractivity contribution in [2.24, 2.45) is 0 Å². The maximum Gasteiger partial charge on any atom is 0.217 e. The summed E-state index contributed by atoms with van der Waals surface area (Å²) in [5, 5.41) is 20.7. The van der Waals surface area contributed by atoms with Crippen LogP contribution in [0.2, 0.25) is 0 Å². The lowest BCUT2D eigenvalue weighted by molar-refractivity contribution is -0.120. The molecule has 3 N–H and O–H groups in total. The first-order valence-electron chi connectivity index (χ1n) is 4.34. The lowest BCUT2D eigenvalue weighted by atomic mass is 10.1. The molecule has 0 spiro atoms. The number of carbonyl (C=O) groups is 1. The van der Waals surface area contributed by atoms with Crippen LogP contribution in [0.15, 0.2) is 12.2 Å². The molecule has 0 aliphatic carbocycles. The van der Waals surface area contributed by atoms with Gasteiger partial charge in [0.2, 0.25) is 5.91 Å². The zero-order valence-electron chi connectivity index (χ0n) is 8.03. The molecule has 0 radical (unpaired) electrons. The summed E-state index contributed by atoms with van der Waals surface area (Å²) in [6.45, 7) is 3.02. The molecule has 0 aromatic heterocycles. The summed E-state index contributed by atoms with van der Waals surface area (Å²) in [5.41, 5.74) is 0. The Bertz CT molecular complexity index is 180. The standard InChI is InChI=1S/C9H17NO3/c1-3-4-5-9(13)8(6-11)10-7(2)12/h4-5,8-9,11,13H,3,6H2,1-2H3,(H,10,12)/t8-,9+/m0/s1. The van der Waals surface area contributed by atoms with Crippen molar-refractivity contribution in [3.8, 4) is 0 Å². The van der Waals surface area contributed by atoms with Gasteiger partial charge in [-0.25, -0.2) is 0 Å². The third kappa shape index (κ3) is 5.38. The van der Waals surface area contributed by atoms with E-state index in [-0.39, 0.29) is 12.5 Å². The van der Waals surface area contributed by atoms with Crippen LogP contribution in [0.1, 0.15) is 20.3 Å². The highest BCUT2D eigenvalue weighted by Crippen LogP contribution is 1.96. The number of aliphatic hydroxyl groups excluding tert-OH is 2. The second kappa shape index (κ2) is 6.62. The van der Waals surface area contributed by atoms with Gasteiger partial charge in [0.05, 0.1) is 18.8 Å². The van der Waals surface area contributed by atoms with Gasteiger partial charge in [-0.3, -0.25) is 4.79 Å². The normalized spacial score (nSPS) is 15.7. The maximum absolute atomic E-state index is 10.6. The predicted octanol–water partition coefficient (Wildman–Crippen LogP) is -0.190. The number of carbonyl (C=O) groups excluding carboxylic acids is 1. The van der Waals surface area contributed by atoms with Gasteiger partial charge in [-0.15, -0.1) is 0 Å². The molecule has 0 fully saturated rings. The second-order valence-corrected chi connectivity index (χ2v) is 2.82. The van der Waals surface area contributed by atoms with Gasteiger partial charge in [0.25, 0.3) is 0 Å². The molecular formula is C9H17NO3. The maximum atomic E-state index is 10.6. The molecular weight excluding hydrogens is 170 g/mol. The van der Waals surface area contributed by atoms with E-state index in [0.29, 0.717) is 0 Å². The summed E-state index contributed by atoms with van der Waals surface area (Å²) < 4.78 is 0. The highest BCUT2D eigenvalue weighted by atomic mass is 16.3. The largest absolute Gasteiger partial charge is 0.394 e. The fourth-order valence-corrected chi connectivity index (χ4v) is 0.910. The van der Waals surface area contributed by atoms with E-state index in [4.69, 9.17) is 5.11 Å². The summed E-state index contributed by atoms with van der Waals surface area (Å²) in [7, 11) is 0. The van der Waals surface area contributed by atoms with E-state index in [1.54, 1.807) is 12.2 Å². The Morgan fingerprint density at radius 1 is 1.62 bits per heavy atom. The van der Waals surface area contributed by atoms with Gasteiger partial charge in [0.15, 0.2) is 0 Å². The molecule has 13 heavy (non-hydrogen) atoms. The van der Waals surface area contributed by atoms with Gasteiger partial charge >= 0.3 is 0 Å². The van der Waals surface area contributed by atoms with Crippen molar-refractivity contribution in [2.75, 3.05) is 6.61 Å². The number of aliphatic hydroxyl groups is 2. The minimum atomic E-state index is -0.825. The van der Waals surface area contributed by atoms with E-state index in [2.05, 4.69) is 5.32 Å². The van der Waals surface area contributed by atoms with Crippen LogP contribution in [0.5, 0.6) is 0 Å². The zero-order chi connectivity index (χ0) is 10.3. The van der Waals surface area contributed by atoms with E-state index < -0.39 is 12.1 Å². The minimum Gasteiger partial charge on any atom is -0.394 e. The van der Waals surface area contributed by atoms with E-state index >= 15 is 0 Å².